The van der Waals surface area contributed by atoms with Crippen molar-refractivity contribution in [3.05, 3.63) is 48.2 Å². The Morgan fingerprint density at radius 1 is 1.12 bits per heavy atom. The minimum Gasteiger partial charge on any atom is -0.494 e. The van der Waals surface area contributed by atoms with E-state index in [2.05, 4.69) is 23.3 Å². The highest BCUT2D eigenvalue weighted by atomic mass is 32.2. The fraction of sp³-hybridized carbons (Fsp3) is 0.450. The number of hydrogen-bond donors (Lipinski definition) is 1. The first-order chi connectivity index (χ1) is 12.3. The van der Waals surface area contributed by atoms with E-state index in [-0.39, 0.29) is 0 Å². The maximum absolute atomic E-state index is 6.00. The molecule has 25 heavy (non-hydrogen) atoms. The van der Waals surface area contributed by atoms with Crippen LogP contribution in [0.1, 0.15) is 31.7 Å². The molecule has 1 aromatic carbocycles. The number of nitrogens with one attached hydrogen (secondary N) is 1. The molecule has 1 N–H and O–H groups in total. The van der Waals surface area contributed by atoms with E-state index in [0.29, 0.717) is 11.9 Å². The summed E-state index contributed by atoms with van der Waals surface area (Å²) >= 11 is 2.04. The molecule has 0 radical (unpaired) electrons. The molecular weight excluding hydrogens is 332 g/mol. The molecule has 1 saturated heterocycles. The fourth-order valence-corrected chi connectivity index (χ4v) is 3.85. The number of aromatic nitrogens is 1. The van der Waals surface area contributed by atoms with Gasteiger partial charge in [-0.15, -0.1) is 0 Å². The summed E-state index contributed by atoms with van der Waals surface area (Å²) in [6.45, 7) is 3.62. The summed E-state index contributed by atoms with van der Waals surface area (Å²) in [7, 11) is 0. The zero-order chi connectivity index (χ0) is 17.3. The molecule has 1 fully saturated rings. The van der Waals surface area contributed by atoms with E-state index in [0.717, 1.165) is 36.6 Å². The van der Waals surface area contributed by atoms with E-state index < -0.39 is 0 Å². The zero-order valence-corrected chi connectivity index (χ0v) is 15.6. The van der Waals surface area contributed by atoms with Gasteiger partial charge in [0.05, 0.1) is 6.61 Å². The third-order valence-electron chi connectivity index (χ3n) is 4.16. The van der Waals surface area contributed by atoms with Crippen LogP contribution < -0.4 is 14.8 Å². The van der Waals surface area contributed by atoms with E-state index in [9.17, 15) is 0 Å². The van der Waals surface area contributed by atoms with Crippen LogP contribution in [0.3, 0.4) is 0 Å². The van der Waals surface area contributed by atoms with Gasteiger partial charge in [-0.3, -0.25) is 0 Å². The lowest BCUT2D eigenvalue weighted by atomic mass is 10.1. The van der Waals surface area contributed by atoms with E-state index in [1.54, 1.807) is 6.20 Å². The van der Waals surface area contributed by atoms with Gasteiger partial charge >= 0.3 is 0 Å². The summed E-state index contributed by atoms with van der Waals surface area (Å²) in [4.78, 5) is 4.41. The minimum absolute atomic E-state index is 0.601. The largest absolute Gasteiger partial charge is 0.494 e. The van der Waals surface area contributed by atoms with Crippen LogP contribution in [0.15, 0.2) is 42.6 Å². The van der Waals surface area contributed by atoms with Crippen LogP contribution in [0.5, 0.6) is 17.4 Å². The Labute approximate surface area is 154 Å². The van der Waals surface area contributed by atoms with Gasteiger partial charge in [0.1, 0.15) is 11.5 Å². The van der Waals surface area contributed by atoms with Crippen molar-refractivity contribution in [3.63, 3.8) is 0 Å². The molecule has 0 bridgehead atoms. The Morgan fingerprint density at radius 2 is 1.88 bits per heavy atom. The Morgan fingerprint density at radius 3 is 2.64 bits per heavy atom. The molecule has 5 heteroatoms. The number of hydrogen-bond acceptors (Lipinski definition) is 5. The maximum atomic E-state index is 6.00. The molecule has 2 heterocycles. The summed E-state index contributed by atoms with van der Waals surface area (Å²) in [5.74, 6) is 4.81. The van der Waals surface area contributed by atoms with Gasteiger partial charge in [0, 0.05) is 24.3 Å². The molecule has 0 aliphatic carbocycles. The van der Waals surface area contributed by atoms with E-state index in [1.807, 2.05) is 42.1 Å². The van der Waals surface area contributed by atoms with Crippen LogP contribution in [-0.2, 0) is 6.54 Å². The van der Waals surface area contributed by atoms with Gasteiger partial charge in [-0.25, -0.2) is 4.98 Å². The molecule has 1 aromatic heterocycles. The van der Waals surface area contributed by atoms with Gasteiger partial charge in [-0.1, -0.05) is 13.0 Å². The van der Waals surface area contributed by atoms with Crippen molar-refractivity contribution < 1.29 is 9.47 Å². The van der Waals surface area contributed by atoms with Crippen LogP contribution in [-0.4, -0.2) is 29.1 Å². The van der Waals surface area contributed by atoms with Crippen molar-refractivity contribution in [3.8, 4) is 17.4 Å². The Kier molecular flexibility index (Phi) is 7.00. The standard InChI is InChI=1S/C20H26N2O2S/c1-2-12-23-18-5-7-19(8-6-18)24-20-16(4-3-11-21-20)15-22-17-9-13-25-14-10-17/h3-8,11,17,22H,2,9-10,12-15H2,1H3. The molecule has 0 saturated carbocycles. The van der Waals surface area contributed by atoms with E-state index in [4.69, 9.17) is 9.47 Å². The third-order valence-corrected chi connectivity index (χ3v) is 5.21. The van der Waals surface area contributed by atoms with Crippen molar-refractivity contribution in [1.82, 2.24) is 10.3 Å². The summed E-state index contributed by atoms with van der Waals surface area (Å²) in [5.41, 5.74) is 1.09. The highest BCUT2D eigenvalue weighted by Gasteiger charge is 2.14. The molecule has 0 spiro atoms. The predicted molar refractivity (Wildman–Crippen MR) is 104 cm³/mol. The molecule has 1 aliphatic heterocycles. The quantitative estimate of drug-likeness (QED) is 0.744. The molecule has 2 aromatic rings. The third kappa shape index (κ3) is 5.65. The topological polar surface area (TPSA) is 43.4 Å². The lowest BCUT2D eigenvalue weighted by Gasteiger charge is -2.23. The SMILES string of the molecule is CCCOc1ccc(Oc2ncccc2CNC2CCSCC2)cc1. The molecule has 0 amide bonds. The lowest BCUT2D eigenvalue weighted by Crippen LogP contribution is -2.32. The highest BCUT2D eigenvalue weighted by Crippen LogP contribution is 2.25. The van der Waals surface area contributed by atoms with Gasteiger partial charge in [0.25, 0.3) is 0 Å². The number of rotatable bonds is 8. The second-order valence-corrected chi connectivity index (χ2v) is 7.38. The van der Waals surface area contributed by atoms with E-state index >= 15 is 0 Å². The molecule has 0 unspecified atom stereocenters. The van der Waals surface area contributed by atoms with Crippen LogP contribution in [0.2, 0.25) is 0 Å². The fourth-order valence-electron chi connectivity index (χ4n) is 2.74. The van der Waals surface area contributed by atoms with Gasteiger partial charge in [0.2, 0.25) is 5.88 Å². The molecule has 134 valence electrons. The smallest absolute Gasteiger partial charge is 0.223 e. The van der Waals surface area contributed by atoms with Crippen molar-refractivity contribution in [1.29, 1.82) is 0 Å². The Balaban J connectivity index is 1.60. The first-order valence-corrected chi connectivity index (χ1v) is 10.2. The van der Waals surface area contributed by atoms with Crippen molar-refractivity contribution in [2.75, 3.05) is 18.1 Å². The molecular formula is C20H26N2O2S. The van der Waals surface area contributed by atoms with E-state index in [1.165, 1.54) is 24.3 Å². The first kappa shape index (κ1) is 18.1. The summed E-state index contributed by atoms with van der Waals surface area (Å²) in [5, 5.41) is 3.64. The second kappa shape index (κ2) is 9.68. The second-order valence-electron chi connectivity index (χ2n) is 6.16. The average Bonchev–Trinajstić information content (AvgIpc) is 2.67. The highest BCUT2D eigenvalue weighted by molar-refractivity contribution is 7.99. The van der Waals surface area contributed by atoms with Crippen molar-refractivity contribution in [2.24, 2.45) is 0 Å². The lowest BCUT2D eigenvalue weighted by molar-refractivity contribution is 0.317. The summed E-state index contributed by atoms with van der Waals surface area (Å²) in [6, 6.07) is 12.4. The number of nitrogens with zero attached hydrogens (tertiary/aromatic N) is 1. The summed E-state index contributed by atoms with van der Waals surface area (Å²) < 4.78 is 11.6. The minimum atomic E-state index is 0.601. The molecule has 0 atom stereocenters. The van der Waals surface area contributed by atoms with Gasteiger partial charge in [-0.2, -0.15) is 11.8 Å². The van der Waals surface area contributed by atoms with Crippen LogP contribution in [0.4, 0.5) is 0 Å². The maximum Gasteiger partial charge on any atom is 0.223 e. The number of ether oxygens (including phenoxy) is 2. The van der Waals surface area contributed by atoms with Crippen molar-refractivity contribution in [2.45, 2.75) is 38.8 Å². The van der Waals surface area contributed by atoms with Gasteiger partial charge < -0.3 is 14.8 Å². The summed E-state index contributed by atoms with van der Waals surface area (Å²) in [6.07, 6.45) is 5.25. The Bertz CT molecular complexity index is 642. The number of pyridine rings is 1. The Hall–Kier alpha value is -1.72. The first-order valence-electron chi connectivity index (χ1n) is 9.01. The van der Waals surface area contributed by atoms with Crippen LogP contribution >= 0.6 is 11.8 Å². The van der Waals surface area contributed by atoms with Crippen molar-refractivity contribution >= 4 is 11.8 Å². The van der Waals surface area contributed by atoms with Gasteiger partial charge in [0.15, 0.2) is 0 Å². The number of benzene rings is 1. The van der Waals surface area contributed by atoms with Crippen LogP contribution in [0.25, 0.3) is 0 Å². The molecule has 1 aliphatic rings. The van der Waals surface area contributed by atoms with Crippen LogP contribution in [0, 0.1) is 0 Å². The zero-order valence-electron chi connectivity index (χ0n) is 14.7. The monoisotopic (exact) mass is 358 g/mol. The average molecular weight is 359 g/mol. The number of thioether (sulfide) groups is 1. The van der Waals surface area contributed by atoms with Gasteiger partial charge in [-0.05, 0) is 61.1 Å². The predicted octanol–water partition coefficient (Wildman–Crippen LogP) is 4.65. The molecule has 4 nitrogen and oxygen atoms in total. The normalized spacial score (nSPS) is 15.1. The molecule has 3 rings (SSSR count).